The first-order valence-electron chi connectivity index (χ1n) is 9.90. The van der Waals surface area contributed by atoms with Crippen LogP contribution in [0.25, 0.3) is 10.9 Å². The molecule has 1 aliphatic heterocycles. The van der Waals surface area contributed by atoms with E-state index in [1.165, 1.54) is 35.9 Å². The molecule has 1 fully saturated rings. The maximum atomic E-state index is 11.7. The lowest BCUT2D eigenvalue weighted by Crippen LogP contribution is -2.31. The highest BCUT2D eigenvalue weighted by Crippen LogP contribution is 2.37. The minimum atomic E-state index is 0.339. The first kappa shape index (κ1) is 16.6. The highest BCUT2D eigenvalue weighted by molar-refractivity contribution is 5.86. The maximum Gasteiger partial charge on any atom is 0.222 e. The number of para-hydroxylation sites is 1. The SMILES string of the molecule is CCn1c2c(c3ccccc31)CCCC2NCCCN1CCCC1=O. The monoisotopic (exact) mass is 339 g/mol. The van der Waals surface area contributed by atoms with Crippen molar-refractivity contribution in [2.45, 2.75) is 58.0 Å². The molecule has 0 saturated carbocycles. The molecule has 134 valence electrons. The standard InChI is InChI=1S/C21H29N3O/c1-2-24-19-11-4-3-8-16(19)17-9-5-10-18(21(17)24)22-13-7-15-23-14-6-12-20(23)25/h3-4,8,11,18,22H,2,5-7,9-10,12-15H2,1H3. The van der Waals surface area contributed by atoms with E-state index < -0.39 is 0 Å². The quantitative estimate of drug-likeness (QED) is 0.816. The molecule has 2 aliphatic rings. The van der Waals surface area contributed by atoms with E-state index in [4.69, 9.17) is 0 Å². The minimum absolute atomic E-state index is 0.339. The van der Waals surface area contributed by atoms with Crippen molar-refractivity contribution in [1.29, 1.82) is 0 Å². The Balaban J connectivity index is 1.47. The van der Waals surface area contributed by atoms with E-state index in [0.717, 1.165) is 45.4 Å². The fraction of sp³-hybridized carbons (Fsp3) is 0.571. The van der Waals surface area contributed by atoms with Gasteiger partial charge in [-0.15, -0.1) is 0 Å². The van der Waals surface area contributed by atoms with Crippen molar-refractivity contribution >= 4 is 16.8 Å². The van der Waals surface area contributed by atoms with Gasteiger partial charge in [0.25, 0.3) is 0 Å². The van der Waals surface area contributed by atoms with Crippen LogP contribution in [0, 0.1) is 0 Å². The Hall–Kier alpha value is -1.81. The van der Waals surface area contributed by atoms with E-state index in [1.54, 1.807) is 5.56 Å². The zero-order chi connectivity index (χ0) is 17.2. The number of benzene rings is 1. The molecule has 0 bridgehead atoms. The molecule has 0 spiro atoms. The van der Waals surface area contributed by atoms with Crippen LogP contribution in [0.5, 0.6) is 0 Å². The molecular weight excluding hydrogens is 310 g/mol. The van der Waals surface area contributed by atoms with E-state index >= 15 is 0 Å². The summed E-state index contributed by atoms with van der Waals surface area (Å²) in [6.45, 7) is 6.12. The molecule has 0 radical (unpaired) electrons. The summed E-state index contributed by atoms with van der Waals surface area (Å²) >= 11 is 0. The maximum absolute atomic E-state index is 11.7. The number of carbonyl (C=O) groups is 1. The molecule has 1 aromatic carbocycles. The third-order valence-electron chi connectivity index (χ3n) is 5.85. The van der Waals surface area contributed by atoms with Gasteiger partial charge in [0.1, 0.15) is 0 Å². The van der Waals surface area contributed by atoms with Gasteiger partial charge in [0.2, 0.25) is 5.91 Å². The van der Waals surface area contributed by atoms with Crippen LogP contribution in [0.3, 0.4) is 0 Å². The van der Waals surface area contributed by atoms with Gasteiger partial charge in [-0.2, -0.15) is 0 Å². The van der Waals surface area contributed by atoms with Gasteiger partial charge in [-0.25, -0.2) is 0 Å². The number of nitrogens with zero attached hydrogens (tertiary/aromatic N) is 2. The highest BCUT2D eigenvalue weighted by Gasteiger charge is 2.26. The number of aromatic nitrogens is 1. The first-order chi connectivity index (χ1) is 12.3. The number of amides is 1. The summed E-state index contributed by atoms with van der Waals surface area (Å²) in [5.74, 6) is 0.339. The lowest BCUT2D eigenvalue weighted by molar-refractivity contribution is -0.127. The van der Waals surface area contributed by atoms with Crippen molar-refractivity contribution in [1.82, 2.24) is 14.8 Å². The van der Waals surface area contributed by atoms with Gasteiger partial charge in [-0.3, -0.25) is 4.79 Å². The van der Waals surface area contributed by atoms with E-state index in [1.807, 2.05) is 4.90 Å². The van der Waals surface area contributed by atoms with Crippen LogP contribution in [0.1, 0.15) is 56.3 Å². The van der Waals surface area contributed by atoms with Crippen molar-refractivity contribution in [3.63, 3.8) is 0 Å². The molecule has 1 atom stereocenters. The predicted molar refractivity (Wildman–Crippen MR) is 102 cm³/mol. The third-order valence-corrected chi connectivity index (χ3v) is 5.85. The van der Waals surface area contributed by atoms with Crippen LogP contribution < -0.4 is 5.32 Å². The first-order valence-corrected chi connectivity index (χ1v) is 9.90. The van der Waals surface area contributed by atoms with Crippen molar-refractivity contribution in [2.24, 2.45) is 0 Å². The van der Waals surface area contributed by atoms with Crippen LogP contribution in [0.15, 0.2) is 24.3 Å². The summed E-state index contributed by atoms with van der Waals surface area (Å²) in [7, 11) is 0. The van der Waals surface area contributed by atoms with Gasteiger partial charge in [0, 0.05) is 48.7 Å². The average Bonchev–Trinajstić information content (AvgIpc) is 3.20. The summed E-state index contributed by atoms with van der Waals surface area (Å²) in [5.41, 5.74) is 4.44. The van der Waals surface area contributed by atoms with Gasteiger partial charge in [0.15, 0.2) is 0 Å². The fourth-order valence-electron chi connectivity index (χ4n) is 4.70. The van der Waals surface area contributed by atoms with Gasteiger partial charge >= 0.3 is 0 Å². The van der Waals surface area contributed by atoms with Gasteiger partial charge < -0.3 is 14.8 Å². The normalized spacial score (nSPS) is 20.4. The Morgan fingerprint density at radius 1 is 1.20 bits per heavy atom. The average molecular weight is 339 g/mol. The van der Waals surface area contributed by atoms with E-state index in [-0.39, 0.29) is 0 Å². The molecule has 2 heterocycles. The molecule has 1 unspecified atom stereocenters. The Bertz CT molecular complexity index is 731. The summed E-state index contributed by atoms with van der Waals surface area (Å²) < 4.78 is 2.51. The lowest BCUT2D eigenvalue weighted by Gasteiger charge is -2.27. The summed E-state index contributed by atoms with van der Waals surface area (Å²) in [4.78, 5) is 13.7. The van der Waals surface area contributed by atoms with Crippen LogP contribution in [0.4, 0.5) is 0 Å². The molecule has 4 heteroatoms. The van der Waals surface area contributed by atoms with Gasteiger partial charge in [0.05, 0.1) is 0 Å². The second-order valence-electron chi connectivity index (χ2n) is 7.36. The highest BCUT2D eigenvalue weighted by atomic mass is 16.2. The van der Waals surface area contributed by atoms with Crippen molar-refractivity contribution < 1.29 is 4.79 Å². The van der Waals surface area contributed by atoms with Crippen molar-refractivity contribution in [3.8, 4) is 0 Å². The number of nitrogens with one attached hydrogen (secondary N) is 1. The molecule has 1 N–H and O–H groups in total. The lowest BCUT2D eigenvalue weighted by atomic mass is 9.91. The number of carbonyl (C=O) groups excluding carboxylic acids is 1. The molecule has 4 rings (SSSR count). The number of likely N-dealkylation sites (tertiary alicyclic amines) is 1. The zero-order valence-electron chi connectivity index (χ0n) is 15.3. The largest absolute Gasteiger partial charge is 0.343 e. The Labute approximate surface area is 150 Å². The van der Waals surface area contributed by atoms with Crippen LogP contribution in [-0.2, 0) is 17.8 Å². The minimum Gasteiger partial charge on any atom is -0.343 e. The molecule has 1 aliphatic carbocycles. The Morgan fingerprint density at radius 2 is 2.08 bits per heavy atom. The fourth-order valence-corrected chi connectivity index (χ4v) is 4.70. The summed E-state index contributed by atoms with van der Waals surface area (Å²) in [5, 5.41) is 5.23. The molecule has 1 aromatic heterocycles. The van der Waals surface area contributed by atoms with Crippen molar-refractivity contribution in [3.05, 3.63) is 35.5 Å². The molecule has 2 aromatic rings. The molecular formula is C21H29N3O. The van der Waals surface area contributed by atoms with Crippen LogP contribution in [-0.4, -0.2) is 35.0 Å². The third kappa shape index (κ3) is 3.08. The van der Waals surface area contributed by atoms with Crippen LogP contribution in [0.2, 0.25) is 0 Å². The Kier molecular flexibility index (Phi) is 4.80. The smallest absolute Gasteiger partial charge is 0.222 e. The van der Waals surface area contributed by atoms with Gasteiger partial charge in [-0.05, 0) is 57.2 Å². The van der Waals surface area contributed by atoms with E-state index in [2.05, 4.69) is 41.1 Å². The molecule has 25 heavy (non-hydrogen) atoms. The number of rotatable bonds is 6. The zero-order valence-corrected chi connectivity index (χ0v) is 15.3. The predicted octanol–water partition coefficient (Wildman–Crippen LogP) is 3.64. The topological polar surface area (TPSA) is 37.3 Å². The Morgan fingerprint density at radius 3 is 2.88 bits per heavy atom. The molecule has 1 amide bonds. The summed E-state index contributed by atoms with van der Waals surface area (Å²) in [6, 6.07) is 9.29. The van der Waals surface area contributed by atoms with E-state index in [0.29, 0.717) is 11.9 Å². The molecule has 1 saturated heterocycles. The second kappa shape index (κ2) is 7.20. The summed E-state index contributed by atoms with van der Waals surface area (Å²) in [6.07, 6.45) is 6.50. The van der Waals surface area contributed by atoms with Crippen molar-refractivity contribution in [2.75, 3.05) is 19.6 Å². The number of hydrogen-bond acceptors (Lipinski definition) is 2. The number of aryl methyl sites for hydroxylation is 2. The number of fused-ring (bicyclic) bond motifs is 3. The number of hydrogen-bond donors (Lipinski definition) is 1. The van der Waals surface area contributed by atoms with Gasteiger partial charge in [-0.1, -0.05) is 18.2 Å². The molecule has 4 nitrogen and oxygen atoms in total. The van der Waals surface area contributed by atoms with E-state index in [9.17, 15) is 4.79 Å². The second-order valence-corrected chi connectivity index (χ2v) is 7.36. The van der Waals surface area contributed by atoms with Crippen LogP contribution >= 0.6 is 0 Å².